The Kier molecular flexibility index (Phi) is 6.17. The van der Waals surface area contributed by atoms with Crippen molar-refractivity contribution >= 4 is 40.7 Å². The van der Waals surface area contributed by atoms with E-state index in [1.54, 1.807) is 30.3 Å². The average Bonchev–Trinajstić information content (AvgIpc) is 2.52. The minimum atomic E-state index is -0.453. The van der Waals surface area contributed by atoms with Gasteiger partial charge in [-0.05, 0) is 24.3 Å². The number of nitrogens with zero attached hydrogens (tertiary/aromatic N) is 1. The summed E-state index contributed by atoms with van der Waals surface area (Å²) in [7, 11) is 0. The minimum Gasteiger partial charge on any atom is -0.329 e. The van der Waals surface area contributed by atoms with Gasteiger partial charge in [0.05, 0.1) is 10.7 Å². The van der Waals surface area contributed by atoms with Crippen molar-refractivity contribution in [3.8, 4) is 0 Å². The summed E-state index contributed by atoms with van der Waals surface area (Å²) in [6.07, 6.45) is 0. The van der Waals surface area contributed by atoms with Gasteiger partial charge in [0.2, 0.25) is 11.8 Å². The third kappa shape index (κ3) is 4.94. The van der Waals surface area contributed by atoms with Crippen LogP contribution in [0.15, 0.2) is 42.5 Å². The molecular weight excluding hydrogens is 354 g/mol. The SMILES string of the molecule is CC(=O)N(CC(=O)Nc1cc(Cl)ccc1Cl)Cc1ccccc1F. The van der Waals surface area contributed by atoms with E-state index >= 15 is 0 Å². The summed E-state index contributed by atoms with van der Waals surface area (Å²) in [5, 5.41) is 3.34. The van der Waals surface area contributed by atoms with Gasteiger partial charge in [0.25, 0.3) is 0 Å². The topological polar surface area (TPSA) is 49.4 Å². The van der Waals surface area contributed by atoms with E-state index in [-0.39, 0.29) is 19.0 Å². The van der Waals surface area contributed by atoms with Gasteiger partial charge in [-0.1, -0.05) is 41.4 Å². The van der Waals surface area contributed by atoms with E-state index in [1.807, 2.05) is 0 Å². The largest absolute Gasteiger partial charge is 0.329 e. The van der Waals surface area contributed by atoms with Crippen LogP contribution < -0.4 is 5.32 Å². The number of hydrogen-bond acceptors (Lipinski definition) is 2. The molecule has 0 saturated carbocycles. The number of benzene rings is 2. The van der Waals surface area contributed by atoms with Crippen LogP contribution in [0.5, 0.6) is 0 Å². The molecule has 0 unspecified atom stereocenters. The normalized spacial score (nSPS) is 10.3. The van der Waals surface area contributed by atoms with Crippen LogP contribution in [0.4, 0.5) is 10.1 Å². The fourth-order valence-electron chi connectivity index (χ4n) is 2.07. The Labute approximate surface area is 149 Å². The maximum absolute atomic E-state index is 13.7. The first kappa shape index (κ1) is 18.2. The maximum atomic E-state index is 13.7. The van der Waals surface area contributed by atoms with E-state index in [4.69, 9.17) is 23.2 Å². The summed E-state index contributed by atoms with van der Waals surface area (Å²) in [5.74, 6) is -1.22. The number of amides is 2. The van der Waals surface area contributed by atoms with E-state index in [0.717, 1.165) is 0 Å². The molecule has 2 rings (SSSR count). The van der Waals surface area contributed by atoms with Gasteiger partial charge < -0.3 is 10.2 Å². The van der Waals surface area contributed by atoms with Crippen LogP contribution in [0.25, 0.3) is 0 Å². The van der Waals surface area contributed by atoms with E-state index in [1.165, 1.54) is 24.0 Å². The van der Waals surface area contributed by atoms with Crippen molar-refractivity contribution in [3.63, 3.8) is 0 Å². The van der Waals surface area contributed by atoms with Crippen LogP contribution in [-0.2, 0) is 16.1 Å². The van der Waals surface area contributed by atoms with E-state index in [0.29, 0.717) is 21.3 Å². The van der Waals surface area contributed by atoms with E-state index in [9.17, 15) is 14.0 Å². The van der Waals surface area contributed by atoms with Crippen molar-refractivity contribution in [2.45, 2.75) is 13.5 Å². The van der Waals surface area contributed by atoms with Crippen LogP contribution in [0.1, 0.15) is 12.5 Å². The maximum Gasteiger partial charge on any atom is 0.244 e. The van der Waals surface area contributed by atoms with Crippen LogP contribution in [0.3, 0.4) is 0 Å². The molecule has 0 atom stereocenters. The predicted molar refractivity (Wildman–Crippen MR) is 92.6 cm³/mol. The first-order chi connectivity index (χ1) is 11.4. The first-order valence-electron chi connectivity index (χ1n) is 7.10. The second-order valence-corrected chi connectivity index (χ2v) is 5.98. The molecule has 0 radical (unpaired) electrons. The Bertz CT molecular complexity index is 768. The van der Waals surface area contributed by atoms with Crippen LogP contribution in [0.2, 0.25) is 10.0 Å². The second-order valence-electron chi connectivity index (χ2n) is 5.14. The lowest BCUT2D eigenvalue weighted by Gasteiger charge is -2.21. The molecule has 0 aromatic heterocycles. The number of carbonyl (C=O) groups excluding carboxylic acids is 2. The highest BCUT2D eigenvalue weighted by atomic mass is 35.5. The second kappa shape index (κ2) is 8.13. The highest BCUT2D eigenvalue weighted by Crippen LogP contribution is 2.25. The monoisotopic (exact) mass is 368 g/mol. The smallest absolute Gasteiger partial charge is 0.244 e. The van der Waals surface area contributed by atoms with Gasteiger partial charge in [-0.25, -0.2) is 4.39 Å². The van der Waals surface area contributed by atoms with Crippen molar-refractivity contribution in [3.05, 3.63) is 63.9 Å². The standard InChI is InChI=1S/C17H15Cl2FN2O2/c1-11(23)22(9-12-4-2-3-5-15(12)20)10-17(24)21-16-8-13(18)6-7-14(16)19/h2-8H,9-10H2,1H3,(H,21,24). The zero-order chi connectivity index (χ0) is 17.7. The van der Waals surface area contributed by atoms with Gasteiger partial charge in [0.1, 0.15) is 12.4 Å². The number of carbonyl (C=O) groups is 2. The highest BCUT2D eigenvalue weighted by Gasteiger charge is 2.16. The van der Waals surface area contributed by atoms with Gasteiger partial charge >= 0.3 is 0 Å². The third-order valence-corrected chi connectivity index (χ3v) is 3.87. The van der Waals surface area contributed by atoms with Gasteiger partial charge in [0.15, 0.2) is 0 Å². The number of halogens is 3. The van der Waals surface area contributed by atoms with Crippen LogP contribution >= 0.6 is 23.2 Å². The summed E-state index contributed by atoms with van der Waals surface area (Å²) in [6.45, 7) is 1.09. The van der Waals surface area contributed by atoms with Crippen molar-refractivity contribution < 1.29 is 14.0 Å². The van der Waals surface area contributed by atoms with Gasteiger partial charge in [-0.2, -0.15) is 0 Å². The van der Waals surface area contributed by atoms with Gasteiger partial charge in [-0.3, -0.25) is 9.59 Å². The Morgan fingerprint density at radius 1 is 1.17 bits per heavy atom. The highest BCUT2D eigenvalue weighted by molar-refractivity contribution is 6.35. The number of hydrogen-bond donors (Lipinski definition) is 1. The summed E-state index contributed by atoms with van der Waals surface area (Å²) in [6, 6.07) is 10.8. The summed E-state index contributed by atoms with van der Waals surface area (Å²) >= 11 is 11.9. The van der Waals surface area contributed by atoms with Crippen molar-refractivity contribution in [2.75, 3.05) is 11.9 Å². The third-order valence-electron chi connectivity index (χ3n) is 3.30. The lowest BCUT2D eigenvalue weighted by molar-refractivity contribution is -0.133. The predicted octanol–water partition coefficient (Wildman–Crippen LogP) is 4.12. The molecule has 2 amide bonds. The van der Waals surface area contributed by atoms with Crippen LogP contribution in [-0.4, -0.2) is 23.3 Å². The number of anilines is 1. The summed E-state index contributed by atoms with van der Waals surface area (Å²) < 4.78 is 13.7. The lowest BCUT2D eigenvalue weighted by atomic mass is 10.2. The van der Waals surface area contributed by atoms with Crippen molar-refractivity contribution in [2.24, 2.45) is 0 Å². The Morgan fingerprint density at radius 3 is 2.54 bits per heavy atom. The molecule has 0 bridgehead atoms. The molecular formula is C17H15Cl2FN2O2. The van der Waals surface area contributed by atoms with Gasteiger partial charge in [-0.15, -0.1) is 0 Å². The number of nitrogens with one attached hydrogen (secondary N) is 1. The average molecular weight is 369 g/mol. The Morgan fingerprint density at radius 2 is 1.88 bits per heavy atom. The first-order valence-corrected chi connectivity index (χ1v) is 7.86. The molecule has 0 spiro atoms. The molecule has 0 fully saturated rings. The minimum absolute atomic E-state index is 0.00129. The number of rotatable bonds is 5. The molecule has 0 saturated heterocycles. The van der Waals surface area contributed by atoms with E-state index < -0.39 is 11.7 Å². The molecule has 0 aliphatic heterocycles. The molecule has 4 nitrogen and oxygen atoms in total. The van der Waals surface area contributed by atoms with Crippen molar-refractivity contribution in [1.29, 1.82) is 0 Å². The fourth-order valence-corrected chi connectivity index (χ4v) is 2.40. The summed E-state index contributed by atoms with van der Waals surface area (Å²) in [4.78, 5) is 25.2. The van der Waals surface area contributed by atoms with Gasteiger partial charge in [0, 0.05) is 24.1 Å². The zero-order valence-corrected chi connectivity index (χ0v) is 14.4. The Balaban J connectivity index is 2.07. The summed E-state index contributed by atoms with van der Waals surface area (Å²) in [5.41, 5.74) is 0.685. The molecule has 126 valence electrons. The molecule has 24 heavy (non-hydrogen) atoms. The van der Waals surface area contributed by atoms with E-state index in [2.05, 4.69) is 5.32 Å². The Hall–Kier alpha value is -2.11. The van der Waals surface area contributed by atoms with Crippen LogP contribution in [0, 0.1) is 5.82 Å². The fraction of sp³-hybridized carbons (Fsp3) is 0.176. The molecule has 0 heterocycles. The molecule has 2 aromatic carbocycles. The lowest BCUT2D eigenvalue weighted by Crippen LogP contribution is -2.36. The molecule has 2 aromatic rings. The van der Waals surface area contributed by atoms with Crippen molar-refractivity contribution in [1.82, 2.24) is 4.90 Å². The quantitative estimate of drug-likeness (QED) is 0.862. The molecule has 7 heteroatoms. The molecule has 0 aliphatic rings. The molecule has 0 aliphatic carbocycles. The molecule has 1 N–H and O–H groups in total. The zero-order valence-electron chi connectivity index (χ0n) is 12.9.